The van der Waals surface area contributed by atoms with Gasteiger partial charge in [-0.05, 0) is 67.6 Å². The van der Waals surface area contributed by atoms with Crippen molar-refractivity contribution in [3.63, 3.8) is 0 Å². The fourth-order valence-corrected chi connectivity index (χ4v) is 5.49. The zero-order valence-electron chi connectivity index (χ0n) is 19.4. The van der Waals surface area contributed by atoms with Gasteiger partial charge in [0.25, 0.3) is 0 Å². The monoisotopic (exact) mass is 470 g/mol. The number of ketones is 1. The Hall–Kier alpha value is -2.24. The van der Waals surface area contributed by atoms with Crippen molar-refractivity contribution in [1.82, 2.24) is 9.80 Å². The number of carbonyl (C=O) groups is 2. The maximum absolute atomic E-state index is 14.5. The van der Waals surface area contributed by atoms with E-state index in [1.54, 1.807) is 30.3 Å². The van der Waals surface area contributed by atoms with Crippen LogP contribution in [0.2, 0.25) is 5.02 Å². The van der Waals surface area contributed by atoms with Crippen LogP contribution in [0.5, 0.6) is 0 Å². The second kappa shape index (κ2) is 10.4. The Balaban J connectivity index is 1.43. The molecule has 1 heterocycles. The summed E-state index contributed by atoms with van der Waals surface area (Å²) in [6, 6.07) is 10.1. The highest BCUT2D eigenvalue weighted by Gasteiger charge is 2.33. The second-order valence-electron chi connectivity index (χ2n) is 9.53. The Morgan fingerprint density at radius 3 is 2.48 bits per heavy atom. The van der Waals surface area contributed by atoms with Crippen molar-refractivity contribution in [3.8, 4) is 0 Å². The van der Waals surface area contributed by atoms with Crippen molar-refractivity contribution < 1.29 is 14.0 Å². The molecule has 1 atom stereocenters. The zero-order valence-corrected chi connectivity index (χ0v) is 20.2. The lowest BCUT2D eigenvalue weighted by atomic mass is 9.95. The molecule has 0 bridgehead atoms. The van der Waals surface area contributed by atoms with Crippen molar-refractivity contribution in [3.05, 3.63) is 69.5 Å². The summed E-state index contributed by atoms with van der Waals surface area (Å²) in [6.45, 7) is 6.91. The van der Waals surface area contributed by atoms with Gasteiger partial charge >= 0.3 is 0 Å². The van der Waals surface area contributed by atoms with Crippen LogP contribution in [-0.4, -0.2) is 47.2 Å². The van der Waals surface area contributed by atoms with E-state index in [0.29, 0.717) is 35.1 Å². The highest BCUT2D eigenvalue weighted by Crippen LogP contribution is 2.29. The third-order valence-corrected chi connectivity index (χ3v) is 7.54. The number of carbonyl (C=O) groups excluding carboxylic acids is 2. The molecule has 2 aromatic rings. The Morgan fingerprint density at radius 1 is 1.09 bits per heavy atom. The average Bonchev–Trinajstić information content (AvgIpc) is 3.32. The normalized spacial score (nSPS) is 19.8. The number of halogens is 2. The zero-order chi connectivity index (χ0) is 23.5. The molecule has 0 radical (unpaired) electrons. The molecule has 0 aromatic heterocycles. The molecule has 4 rings (SSSR count). The Bertz CT molecular complexity index is 1030. The predicted octanol–water partition coefficient (Wildman–Crippen LogP) is 5.44. The molecular weight excluding hydrogens is 439 g/mol. The molecular formula is C27H32ClFN2O2. The maximum atomic E-state index is 14.5. The first-order valence-corrected chi connectivity index (χ1v) is 12.3. The summed E-state index contributed by atoms with van der Waals surface area (Å²) in [5.41, 5.74) is 2.98. The molecule has 2 aliphatic rings. The van der Waals surface area contributed by atoms with E-state index in [0.717, 1.165) is 49.9 Å². The highest BCUT2D eigenvalue weighted by atomic mass is 35.5. The third-order valence-electron chi connectivity index (χ3n) is 7.21. The number of Topliss-reactive ketones (excluding diaryl/α,β-unsaturated/α-hetero) is 1. The van der Waals surface area contributed by atoms with E-state index < -0.39 is 0 Å². The Labute approximate surface area is 200 Å². The van der Waals surface area contributed by atoms with Crippen molar-refractivity contribution >= 4 is 23.3 Å². The van der Waals surface area contributed by atoms with E-state index in [2.05, 4.69) is 11.8 Å². The first-order valence-electron chi connectivity index (χ1n) is 11.9. The molecule has 2 aromatic carbocycles. The van der Waals surface area contributed by atoms with Crippen LogP contribution in [0, 0.1) is 18.7 Å². The summed E-state index contributed by atoms with van der Waals surface area (Å²) in [6.07, 6.45) is 4.46. The number of benzene rings is 2. The minimum atomic E-state index is -0.333. The molecule has 0 unspecified atom stereocenters. The molecule has 1 aliphatic heterocycles. The average molecular weight is 471 g/mol. The molecule has 1 saturated carbocycles. The lowest BCUT2D eigenvalue weighted by Crippen LogP contribution is -2.54. The summed E-state index contributed by atoms with van der Waals surface area (Å²) in [4.78, 5) is 30.0. The summed E-state index contributed by atoms with van der Waals surface area (Å²) >= 11 is 6.18. The van der Waals surface area contributed by atoms with Gasteiger partial charge in [0.05, 0.1) is 5.02 Å². The lowest BCUT2D eigenvalue weighted by molar-refractivity contribution is -0.140. The maximum Gasteiger partial charge on any atom is 0.226 e. The molecule has 2 fully saturated rings. The molecule has 0 spiro atoms. The first kappa shape index (κ1) is 23.9. The van der Waals surface area contributed by atoms with Gasteiger partial charge < -0.3 is 4.90 Å². The van der Waals surface area contributed by atoms with E-state index in [9.17, 15) is 14.0 Å². The van der Waals surface area contributed by atoms with Gasteiger partial charge in [-0.25, -0.2) is 4.39 Å². The van der Waals surface area contributed by atoms with Gasteiger partial charge in [0.2, 0.25) is 5.91 Å². The molecule has 0 N–H and O–H groups in total. The summed E-state index contributed by atoms with van der Waals surface area (Å²) in [7, 11) is 0. The van der Waals surface area contributed by atoms with Crippen molar-refractivity contribution in [2.24, 2.45) is 5.92 Å². The predicted molar refractivity (Wildman–Crippen MR) is 129 cm³/mol. The van der Waals surface area contributed by atoms with Gasteiger partial charge in [-0.2, -0.15) is 0 Å². The van der Waals surface area contributed by atoms with E-state index in [-0.39, 0.29) is 30.0 Å². The molecule has 1 aliphatic carbocycles. The van der Waals surface area contributed by atoms with Crippen LogP contribution in [0.15, 0.2) is 36.4 Å². The van der Waals surface area contributed by atoms with Crippen LogP contribution < -0.4 is 0 Å². The summed E-state index contributed by atoms with van der Waals surface area (Å²) < 4.78 is 14.5. The summed E-state index contributed by atoms with van der Waals surface area (Å²) in [5, 5.41) is 0.413. The fraction of sp³-hybridized carbons (Fsp3) is 0.481. The van der Waals surface area contributed by atoms with E-state index >= 15 is 0 Å². The highest BCUT2D eigenvalue weighted by molar-refractivity contribution is 6.34. The number of rotatable bonds is 6. The molecule has 33 heavy (non-hydrogen) atoms. The molecule has 1 saturated heterocycles. The van der Waals surface area contributed by atoms with Crippen LogP contribution in [0.3, 0.4) is 0 Å². The van der Waals surface area contributed by atoms with Crippen LogP contribution in [0.1, 0.15) is 59.7 Å². The topological polar surface area (TPSA) is 40.6 Å². The van der Waals surface area contributed by atoms with Crippen molar-refractivity contribution in [1.29, 1.82) is 0 Å². The van der Waals surface area contributed by atoms with E-state index in [1.165, 1.54) is 6.07 Å². The molecule has 6 heteroatoms. The SMILES string of the molecule is Cc1c(CC(=O)c2ccccc2Cl)cc(F)cc1CN1CCN(C(=O)C2CCCC2)[C@@H](C)C1. The van der Waals surface area contributed by atoms with Gasteiger partial charge in [-0.1, -0.05) is 36.6 Å². The Kier molecular flexibility index (Phi) is 7.50. The van der Waals surface area contributed by atoms with Gasteiger partial charge in [0, 0.05) is 50.1 Å². The summed E-state index contributed by atoms with van der Waals surface area (Å²) in [5.74, 6) is 0.0539. The molecule has 4 nitrogen and oxygen atoms in total. The quantitative estimate of drug-likeness (QED) is 0.528. The molecule has 176 valence electrons. The number of piperazine rings is 1. The second-order valence-corrected chi connectivity index (χ2v) is 9.93. The lowest BCUT2D eigenvalue weighted by Gasteiger charge is -2.41. The standard InChI is InChI=1S/C27H32ClFN2O2/c1-18-16-30(11-12-31(18)27(33)20-7-3-4-8-20)17-22-14-23(29)13-21(19(22)2)15-26(32)24-9-5-6-10-25(24)28/h5-6,9-10,13-14,18,20H,3-4,7-8,11-12,15-17H2,1-2H3/t18-/m0/s1. The van der Waals surface area contributed by atoms with Gasteiger partial charge in [0.15, 0.2) is 5.78 Å². The van der Waals surface area contributed by atoms with Crippen molar-refractivity contribution in [2.45, 2.75) is 58.5 Å². The van der Waals surface area contributed by atoms with E-state index in [1.807, 2.05) is 11.8 Å². The van der Waals surface area contributed by atoms with E-state index in [4.69, 9.17) is 11.6 Å². The van der Waals surface area contributed by atoms with Gasteiger partial charge in [0.1, 0.15) is 5.82 Å². The Morgan fingerprint density at radius 2 is 1.79 bits per heavy atom. The third kappa shape index (κ3) is 5.47. The van der Waals surface area contributed by atoms with Crippen LogP contribution in [0.25, 0.3) is 0 Å². The number of amides is 1. The minimum Gasteiger partial charge on any atom is -0.337 e. The number of hydrogen-bond donors (Lipinski definition) is 0. The largest absolute Gasteiger partial charge is 0.337 e. The van der Waals surface area contributed by atoms with Gasteiger partial charge in [-0.3, -0.25) is 14.5 Å². The van der Waals surface area contributed by atoms with Gasteiger partial charge in [-0.15, -0.1) is 0 Å². The minimum absolute atomic E-state index is 0.112. The number of hydrogen-bond acceptors (Lipinski definition) is 3. The van der Waals surface area contributed by atoms with Crippen LogP contribution in [-0.2, 0) is 17.8 Å². The molecule has 1 amide bonds. The van der Waals surface area contributed by atoms with Crippen LogP contribution >= 0.6 is 11.6 Å². The van der Waals surface area contributed by atoms with Crippen molar-refractivity contribution in [2.75, 3.05) is 19.6 Å². The first-order chi connectivity index (χ1) is 15.8. The van der Waals surface area contributed by atoms with Crippen LogP contribution in [0.4, 0.5) is 4.39 Å². The smallest absolute Gasteiger partial charge is 0.226 e. The fourth-order valence-electron chi connectivity index (χ4n) is 5.25. The number of nitrogens with zero attached hydrogens (tertiary/aromatic N) is 2.